The molecule has 1 unspecified atom stereocenters. The Bertz CT molecular complexity index is 1450. The summed E-state index contributed by atoms with van der Waals surface area (Å²) in [6.45, 7) is 4.36. The van der Waals surface area contributed by atoms with E-state index in [1.165, 1.54) is 17.0 Å². The molecule has 1 atom stereocenters. The molecule has 0 aliphatic carbocycles. The van der Waals surface area contributed by atoms with Gasteiger partial charge in [-0.2, -0.15) is 0 Å². The summed E-state index contributed by atoms with van der Waals surface area (Å²) in [6, 6.07) is 18.7. The quantitative estimate of drug-likeness (QED) is 0.420. The van der Waals surface area contributed by atoms with Crippen LogP contribution >= 0.6 is 0 Å². The molecule has 1 aliphatic heterocycles. The Hall–Kier alpha value is -4.02. The first kappa shape index (κ1) is 27.0. The second kappa shape index (κ2) is 11.2. The minimum Gasteiger partial charge on any atom is -0.494 e. The lowest BCUT2D eigenvalue weighted by Crippen LogP contribution is -2.46. The predicted octanol–water partition coefficient (Wildman–Crippen LogP) is 3.06. The molecule has 1 aliphatic rings. The summed E-state index contributed by atoms with van der Waals surface area (Å²) in [5, 5.41) is 5.18. The van der Waals surface area contributed by atoms with Gasteiger partial charge in [-0.25, -0.2) is 18.5 Å². The van der Waals surface area contributed by atoms with Crippen LogP contribution in [-0.2, 0) is 26.0 Å². The molecule has 3 aromatic rings. The molecule has 0 aromatic heterocycles. The Morgan fingerprint density at radius 1 is 1.05 bits per heavy atom. The number of sulfonamides is 1. The van der Waals surface area contributed by atoms with Crippen LogP contribution in [0.5, 0.6) is 5.75 Å². The molecule has 10 heteroatoms. The number of ether oxygens (including phenoxy) is 1. The standard InChI is InChI=1S/C28H29N3O6S/c1-3-37-23-11-9-22(10-12-23)31-26(32)18-25(28(31)34)30(27(33)21-6-4-5-19(2)17-21)16-15-20-7-13-24(14-8-20)38(29,35)36/h4-14,17,25H,3,15-16,18H2,1-2H3,(H2,29,35,36). The van der Waals surface area contributed by atoms with Crippen molar-refractivity contribution >= 4 is 33.4 Å². The van der Waals surface area contributed by atoms with E-state index in [0.29, 0.717) is 30.0 Å². The highest BCUT2D eigenvalue weighted by Crippen LogP contribution is 2.28. The summed E-state index contributed by atoms with van der Waals surface area (Å²) < 4.78 is 28.6. The SMILES string of the molecule is CCOc1ccc(N2C(=O)CC(N(CCc3ccc(S(N)(=O)=O)cc3)C(=O)c3cccc(C)c3)C2=O)cc1. The molecule has 9 nitrogen and oxygen atoms in total. The summed E-state index contributed by atoms with van der Waals surface area (Å²) in [4.78, 5) is 42.7. The van der Waals surface area contributed by atoms with Gasteiger partial charge >= 0.3 is 0 Å². The molecule has 0 bridgehead atoms. The van der Waals surface area contributed by atoms with Gasteiger partial charge in [0.15, 0.2) is 0 Å². The van der Waals surface area contributed by atoms with Crippen molar-refractivity contribution in [2.24, 2.45) is 5.14 Å². The van der Waals surface area contributed by atoms with Gasteiger partial charge in [0.2, 0.25) is 15.9 Å². The Kier molecular flexibility index (Phi) is 7.94. The summed E-state index contributed by atoms with van der Waals surface area (Å²) in [5.74, 6) is -0.625. The lowest BCUT2D eigenvalue weighted by molar-refractivity contribution is -0.122. The molecule has 1 fully saturated rings. The van der Waals surface area contributed by atoms with Crippen LogP contribution in [0.15, 0.2) is 77.7 Å². The molecular formula is C28H29N3O6S. The summed E-state index contributed by atoms with van der Waals surface area (Å²) in [6.07, 6.45) is 0.192. The average Bonchev–Trinajstić information content (AvgIpc) is 3.18. The fourth-order valence-corrected chi connectivity index (χ4v) is 4.94. The van der Waals surface area contributed by atoms with E-state index in [4.69, 9.17) is 9.88 Å². The molecule has 3 amide bonds. The average molecular weight is 536 g/mol. The van der Waals surface area contributed by atoms with Gasteiger partial charge in [-0.1, -0.05) is 29.8 Å². The van der Waals surface area contributed by atoms with E-state index in [1.807, 2.05) is 19.9 Å². The number of hydrogen-bond donors (Lipinski definition) is 1. The third-order valence-electron chi connectivity index (χ3n) is 6.32. The molecule has 1 heterocycles. The maximum atomic E-state index is 13.6. The highest BCUT2D eigenvalue weighted by atomic mass is 32.2. The van der Waals surface area contributed by atoms with Gasteiger partial charge in [0.1, 0.15) is 11.8 Å². The first-order chi connectivity index (χ1) is 18.1. The smallest absolute Gasteiger partial charge is 0.257 e. The minimum absolute atomic E-state index is 0.0171. The van der Waals surface area contributed by atoms with Crippen LogP contribution in [0.2, 0.25) is 0 Å². The Balaban J connectivity index is 1.61. The number of carbonyl (C=O) groups is 3. The number of aryl methyl sites for hydroxylation is 1. The highest BCUT2D eigenvalue weighted by molar-refractivity contribution is 7.89. The van der Waals surface area contributed by atoms with Gasteiger partial charge < -0.3 is 9.64 Å². The van der Waals surface area contributed by atoms with Gasteiger partial charge in [0.25, 0.3) is 11.8 Å². The van der Waals surface area contributed by atoms with Gasteiger partial charge in [-0.15, -0.1) is 0 Å². The zero-order valence-corrected chi connectivity index (χ0v) is 22.0. The molecule has 198 valence electrons. The minimum atomic E-state index is -3.83. The number of hydrogen-bond acceptors (Lipinski definition) is 6. The van der Waals surface area contributed by atoms with E-state index in [0.717, 1.165) is 16.0 Å². The molecule has 38 heavy (non-hydrogen) atoms. The number of benzene rings is 3. The lowest BCUT2D eigenvalue weighted by Gasteiger charge is -2.28. The molecule has 4 rings (SSSR count). The first-order valence-corrected chi connectivity index (χ1v) is 13.7. The van der Waals surface area contributed by atoms with E-state index in [1.54, 1.807) is 54.6 Å². The van der Waals surface area contributed by atoms with Crippen molar-refractivity contribution < 1.29 is 27.5 Å². The van der Waals surface area contributed by atoms with Gasteiger partial charge in [0, 0.05) is 12.1 Å². The lowest BCUT2D eigenvalue weighted by atomic mass is 10.1. The molecule has 2 N–H and O–H groups in total. The summed E-state index contributed by atoms with van der Waals surface area (Å²) >= 11 is 0. The molecule has 1 saturated heterocycles. The maximum Gasteiger partial charge on any atom is 0.257 e. The van der Waals surface area contributed by atoms with Crippen molar-refractivity contribution in [3.8, 4) is 5.75 Å². The fourth-order valence-electron chi connectivity index (χ4n) is 4.43. The van der Waals surface area contributed by atoms with Gasteiger partial charge in [-0.05, 0) is 74.4 Å². The normalized spacial score (nSPS) is 15.6. The van der Waals surface area contributed by atoms with Crippen LogP contribution in [-0.4, -0.2) is 50.2 Å². The molecular weight excluding hydrogens is 506 g/mol. The number of imide groups is 1. The fraction of sp³-hybridized carbons (Fsp3) is 0.250. The molecule has 0 radical (unpaired) electrons. The second-order valence-corrected chi connectivity index (χ2v) is 10.6. The van der Waals surface area contributed by atoms with Crippen molar-refractivity contribution in [3.63, 3.8) is 0 Å². The van der Waals surface area contributed by atoms with Crippen molar-refractivity contribution in [1.82, 2.24) is 4.90 Å². The van der Waals surface area contributed by atoms with Crippen LogP contribution in [0.25, 0.3) is 0 Å². The van der Waals surface area contributed by atoms with Crippen molar-refractivity contribution in [2.45, 2.75) is 37.6 Å². The Labute approximate surface area is 221 Å². The van der Waals surface area contributed by atoms with Crippen LogP contribution in [0.1, 0.15) is 34.8 Å². The van der Waals surface area contributed by atoms with Crippen molar-refractivity contribution in [2.75, 3.05) is 18.1 Å². The molecule has 0 spiro atoms. The number of nitrogens with two attached hydrogens (primary N) is 1. The number of carbonyl (C=O) groups excluding carboxylic acids is 3. The number of rotatable bonds is 9. The first-order valence-electron chi connectivity index (χ1n) is 12.2. The van der Waals surface area contributed by atoms with Crippen LogP contribution in [0, 0.1) is 6.92 Å². The molecule has 0 saturated carbocycles. The zero-order chi connectivity index (χ0) is 27.4. The van der Waals surface area contributed by atoms with E-state index in [2.05, 4.69) is 0 Å². The van der Waals surface area contributed by atoms with Crippen molar-refractivity contribution in [1.29, 1.82) is 0 Å². The largest absolute Gasteiger partial charge is 0.494 e. The second-order valence-electron chi connectivity index (χ2n) is 9.02. The van der Waals surface area contributed by atoms with Crippen LogP contribution < -0.4 is 14.8 Å². The van der Waals surface area contributed by atoms with E-state index >= 15 is 0 Å². The van der Waals surface area contributed by atoms with Gasteiger partial charge in [-0.3, -0.25) is 14.4 Å². The Morgan fingerprint density at radius 3 is 2.34 bits per heavy atom. The van der Waals surface area contributed by atoms with Crippen molar-refractivity contribution in [3.05, 3.63) is 89.5 Å². The third-order valence-corrected chi connectivity index (χ3v) is 7.25. The van der Waals surface area contributed by atoms with Gasteiger partial charge in [0.05, 0.1) is 23.6 Å². The van der Waals surface area contributed by atoms with E-state index in [9.17, 15) is 22.8 Å². The van der Waals surface area contributed by atoms with Crippen LogP contribution in [0.4, 0.5) is 5.69 Å². The Morgan fingerprint density at radius 2 is 1.74 bits per heavy atom. The van der Waals surface area contributed by atoms with E-state index < -0.39 is 27.9 Å². The number of primary sulfonamides is 1. The molecule has 3 aromatic carbocycles. The summed E-state index contributed by atoms with van der Waals surface area (Å²) in [5.41, 5.74) is 2.46. The topological polar surface area (TPSA) is 127 Å². The number of amides is 3. The van der Waals surface area contributed by atoms with Crippen LogP contribution in [0.3, 0.4) is 0 Å². The monoisotopic (exact) mass is 535 g/mol. The predicted molar refractivity (Wildman–Crippen MR) is 142 cm³/mol. The number of nitrogens with zero attached hydrogens (tertiary/aromatic N) is 2. The zero-order valence-electron chi connectivity index (χ0n) is 21.2. The number of anilines is 1. The summed E-state index contributed by atoms with van der Waals surface area (Å²) in [7, 11) is -3.83. The van der Waals surface area contributed by atoms with E-state index in [-0.39, 0.29) is 23.8 Å². The maximum absolute atomic E-state index is 13.6. The third kappa shape index (κ3) is 5.92. The highest BCUT2D eigenvalue weighted by Gasteiger charge is 2.44.